The molecule has 108 valence electrons. The zero-order valence-electron chi connectivity index (χ0n) is 12.4. The van der Waals surface area contributed by atoms with E-state index in [0.29, 0.717) is 0 Å². The molecule has 0 fully saturated rings. The zero-order valence-corrected chi connectivity index (χ0v) is 12.4. The van der Waals surface area contributed by atoms with Gasteiger partial charge in [0.2, 0.25) is 0 Å². The van der Waals surface area contributed by atoms with Crippen LogP contribution in [0.4, 0.5) is 0 Å². The molecule has 4 nitrogen and oxygen atoms in total. The second kappa shape index (κ2) is 4.84. The van der Waals surface area contributed by atoms with Crippen LogP contribution in [0.3, 0.4) is 0 Å². The summed E-state index contributed by atoms with van der Waals surface area (Å²) in [6, 6.07) is 18.4. The van der Waals surface area contributed by atoms with Gasteiger partial charge in [-0.3, -0.25) is 0 Å². The van der Waals surface area contributed by atoms with E-state index < -0.39 is 0 Å². The van der Waals surface area contributed by atoms with E-state index in [1.54, 1.807) is 0 Å². The number of aromatic nitrogens is 3. The fraction of sp³-hybridized carbons (Fsp3) is 0.111. The maximum atomic E-state index is 5.31. The van der Waals surface area contributed by atoms with E-state index in [2.05, 4.69) is 29.4 Å². The van der Waals surface area contributed by atoms with Gasteiger partial charge in [-0.1, -0.05) is 41.6 Å². The first-order valence-corrected chi connectivity index (χ1v) is 7.22. The number of rotatable bonds is 2. The highest BCUT2D eigenvalue weighted by Crippen LogP contribution is 2.33. The molecule has 0 saturated carbocycles. The summed E-state index contributed by atoms with van der Waals surface area (Å²) in [7, 11) is 0. The summed E-state index contributed by atoms with van der Waals surface area (Å²) in [5, 5.41) is 10.00. The van der Waals surface area contributed by atoms with Crippen LogP contribution in [-0.2, 0) is 0 Å². The number of hydrogen-bond donors (Lipinski definition) is 0. The fourth-order valence-corrected chi connectivity index (χ4v) is 2.84. The smallest absolute Gasteiger partial charge is 0.143 e. The lowest BCUT2D eigenvalue weighted by Crippen LogP contribution is -1.96. The Bertz CT molecular complexity index is 932. The van der Waals surface area contributed by atoms with E-state index in [1.165, 1.54) is 0 Å². The molecule has 0 spiro atoms. The first-order valence-electron chi connectivity index (χ1n) is 7.22. The summed E-state index contributed by atoms with van der Waals surface area (Å²) < 4.78 is 7.28. The first kappa shape index (κ1) is 12.8. The van der Waals surface area contributed by atoms with Gasteiger partial charge < -0.3 is 4.52 Å². The highest BCUT2D eigenvalue weighted by Gasteiger charge is 2.19. The Morgan fingerprint density at radius 3 is 2.36 bits per heavy atom. The lowest BCUT2D eigenvalue weighted by atomic mass is 10.1. The number of hydrogen-bond acceptors (Lipinski definition) is 3. The van der Waals surface area contributed by atoms with Crippen molar-refractivity contribution in [2.45, 2.75) is 13.8 Å². The van der Waals surface area contributed by atoms with E-state index in [9.17, 15) is 0 Å². The van der Waals surface area contributed by atoms with Gasteiger partial charge >= 0.3 is 0 Å². The molecule has 0 bridgehead atoms. The summed E-state index contributed by atoms with van der Waals surface area (Å²) in [6.07, 6.45) is 0. The Labute approximate surface area is 128 Å². The monoisotopic (exact) mass is 289 g/mol. The summed E-state index contributed by atoms with van der Waals surface area (Å²) in [6.45, 7) is 3.87. The molecular weight excluding hydrogens is 274 g/mol. The van der Waals surface area contributed by atoms with Crippen LogP contribution < -0.4 is 0 Å². The summed E-state index contributed by atoms with van der Waals surface area (Å²) in [5.41, 5.74) is 4.86. The predicted octanol–water partition coefficient (Wildman–Crippen LogP) is 4.30. The van der Waals surface area contributed by atoms with E-state index in [-0.39, 0.29) is 0 Å². The highest BCUT2D eigenvalue weighted by atomic mass is 16.5. The van der Waals surface area contributed by atoms with Crippen LogP contribution in [0.2, 0.25) is 0 Å². The summed E-state index contributed by atoms with van der Waals surface area (Å²) in [5.74, 6) is 0.793. The Morgan fingerprint density at radius 1 is 0.909 bits per heavy atom. The molecule has 0 unspecified atom stereocenters. The number of fused-ring (bicyclic) bond motifs is 1. The molecule has 4 heteroatoms. The van der Waals surface area contributed by atoms with Crippen molar-refractivity contribution in [3.05, 3.63) is 66.1 Å². The van der Waals surface area contributed by atoms with E-state index >= 15 is 0 Å². The van der Waals surface area contributed by atoms with Crippen molar-refractivity contribution < 1.29 is 4.52 Å². The van der Waals surface area contributed by atoms with Crippen LogP contribution in [0.15, 0.2) is 59.1 Å². The molecule has 2 aromatic carbocycles. The van der Waals surface area contributed by atoms with Gasteiger partial charge in [-0.05, 0) is 32.0 Å². The van der Waals surface area contributed by atoms with Crippen molar-refractivity contribution in [1.29, 1.82) is 0 Å². The quantitative estimate of drug-likeness (QED) is 0.552. The van der Waals surface area contributed by atoms with E-state index in [1.807, 2.05) is 48.9 Å². The number of para-hydroxylation sites is 2. The van der Waals surface area contributed by atoms with E-state index in [0.717, 1.165) is 39.3 Å². The molecule has 0 atom stereocenters. The standard InChI is InChI=1S/C18H15N3O/c1-12-17(13(2)22-20-12)18-15-10-6-7-11-16(15)21(19-18)14-8-4-3-5-9-14/h3-11H,1-2H3. The average molecular weight is 289 g/mol. The van der Waals surface area contributed by atoms with Crippen LogP contribution in [0.5, 0.6) is 0 Å². The third kappa shape index (κ3) is 1.84. The molecule has 0 aliphatic carbocycles. The van der Waals surface area contributed by atoms with Gasteiger partial charge in [-0.15, -0.1) is 0 Å². The maximum absolute atomic E-state index is 5.31. The third-order valence-corrected chi connectivity index (χ3v) is 3.86. The van der Waals surface area contributed by atoms with Crippen LogP contribution in [0.1, 0.15) is 11.5 Å². The van der Waals surface area contributed by atoms with Gasteiger partial charge in [0, 0.05) is 5.39 Å². The van der Waals surface area contributed by atoms with Crippen LogP contribution >= 0.6 is 0 Å². The molecule has 0 amide bonds. The molecular formula is C18H15N3O. The van der Waals surface area contributed by atoms with Crippen molar-refractivity contribution in [3.63, 3.8) is 0 Å². The van der Waals surface area contributed by atoms with Crippen molar-refractivity contribution >= 4 is 10.9 Å². The molecule has 0 saturated heterocycles. The molecule has 2 heterocycles. The molecule has 0 N–H and O–H groups in total. The molecule has 4 aromatic rings. The average Bonchev–Trinajstić information content (AvgIpc) is 3.09. The van der Waals surface area contributed by atoms with Crippen LogP contribution in [0, 0.1) is 13.8 Å². The topological polar surface area (TPSA) is 43.9 Å². The van der Waals surface area contributed by atoms with Crippen molar-refractivity contribution in [2.24, 2.45) is 0 Å². The van der Waals surface area contributed by atoms with Gasteiger partial charge in [-0.25, -0.2) is 4.68 Å². The number of aryl methyl sites for hydroxylation is 2. The normalized spacial score (nSPS) is 11.2. The molecule has 22 heavy (non-hydrogen) atoms. The largest absolute Gasteiger partial charge is 0.361 e. The van der Waals surface area contributed by atoms with Crippen molar-refractivity contribution in [2.75, 3.05) is 0 Å². The van der Waals surface area contributed by atoms with Crippen LogP contribution in [0.25, 0.3) is 27.8 Å². The Morgan fingerprint density at radius 2 is 1.64 bits per heavy atom. The highest BCUT2D eigenvalue weighted by molar-refractivity contribution is 5.95. The number of benzene rings is 2. The molecule has 0 aliphatic rings. The summed E-state index contributed by atoms with van der Waals surface area (Å²) >= 11 is 0. The van der Waals surface area contributed by atoms with Crippen LogP contribution in [-0.4, -0.2) is 14.9 Å². The lowest BCUT2D eigenvalue weighted by Gasteiger charge is -2.02. The first-order chi connectivity index (χ1) is 10.8. The minimum absolute atomic E-state index is 0.793. The fourth-order valence-electron chi connectivity index (χ4n) is 2.84. The van der Waals surface area contributed by atoms with Gasteiger partial charge in [-0.2, -0.15) is 5.10 Å². The maximum Gasteiger partial charge on any atom is 0.143 e. The third-order valence-electron chi connectivity index (χ3n) is 3.86. The Hall–Kier alpha value is -2.88. The van der Waals surface area contributed by atoms with E-state index in [4.69, 9.17) is 9.62 Å². The SMILES string of the molecule is Cc1noc(C)c1-c1nn(-c2ccccc2)c2ccccc12. The summed E-state index contributed by atoms with van der Waals surface area (Å²) in [4.78, 5) is 0. The van der Waals surface area contributed by atoms with Gasteiger partial charge in [0.15, 0.2) is 0 Å². The molecule has 4 rings (SSSR count). The van der Waals surface area contributed by atoms with Gasteiger partial charge in [0.1, 0.15) is 11.5 Å². The number of nitrogens with zero attached hydrogens (tertiary/aromatic N) is 3. The second-order valence-corrected chi connectivity index (χ2v) is 5.31. The Kier molecular flexibility index (Phi) is 2.82. The second-order valence-electron chi connectivity index (χ2n) is 5.31. The molecule has 0 aliphatic heterocycles. The predicted molar refractivity (Wildman–Crippen MR) is 86.0 cm³/mol. The minimum atomic E-state index is 0.793. The Balaban J connectivity index is 2.06. The lowest BCUT2D eigenvalue weighted by molar-refractivity contribution is 0.393. The zero-order chi connectivity index (χ0) is 15.1. The minimum Gasteiger partial charge on any atom is -0.361 e. The van der Waals surface area contributed by atoms with Crippen molar-refractivity contribution in [1.82, 2.24) is 14.9 Å². The molecule has 2 aromatic heterocycles. The van der Waals surface area contributed by atoms with Crippen molar-refractivity contribution in [3.8, 4) is 16.9 Å². The van der Waals surface area contributed by atoms with Gasteiger partial charge in [0.05, 0.1) is 22.5 Å². The van der Waals surface area contributed by atoms with Gasteiger partial charge in [0.25, 0.3) is 0 Å². The molecule has 0 radical (unpaired) electrons.